The van der Waals surface area contributed by atoms with Gasteiger partial charge in [-0.3, -0.25) is 4.79 Å². The minimum atomic E-state index is -0.835. The molecule has 2 N–H and O–H groups in total. The molecule has 0 aliphatic heterocycles. The Bertz CT molecular complexity index is 814. The topological polar surface area (TPSA) is 75.6 Å². The maximum atomic E-state index is 12.4. The Labute approximate surface area is 165 Å². The molecule has 0 aromatic heterocycles. The molecule has 3 atom stereocenters. The van der Waals surface area contributed by atoms with Crippen LogP contribution >= 0.6 is 0 Å². The molecule has 3 rings (SSSR count). The lowest BCUT2D eigenvalue weighted by molar-refractivity contribution is -0.130. The SMILES string of the molecule is C[C@H](OC(=O)c1ccc(-c2ccc(O)cc2)cc1)C(=O)N[C@@H]1CCCC[C@H]1C. The van der Waals surface area contributed by atoms with Gasteiger partial charge in [0.15, 0.2) is 6.10 Å². The van der Waals surface area contributed by atoms with E-state index in [2.05, 4.69) is 12.2 Å². The summed E-state index contributed by atoms with van der Waals surface area (Å²) in [6.45, 7) is 3.75. The first kappa shape index (κ1) is 19.9. The molecule has 1 amide bonds. The third kappa shape index (κ3) is 4.91. The van der Waals surface area contributed by atoms with Crippen molar-refractivity contribution in [2.24, 2.45) is 5.92 Å². The fraction of sp³-hybridized carbons (Fsp3) is 0.391. The van der Waals surface area contributed by atoms with Crippen molar-refractivity contribution in [3.8, 4) is 16.9 Å². The minimum Gasteiger partial charge on any atom is -0.508 e. The average molecular weight is 381 g/mol. The number of ether oxygens (including phenoxy) is 1. The van der Waals surface area contributed by atoms with Gasteiger partial charge in [0.05, 0.1) is 5.56 Å². The summed E-state index contributed by atoms with van der Waals surface area (Å²) in [4.78, 5) is 24.8. The van der Waals surface area contributed by atoms with Gasteiger partial charge in [0, 0.05) is 6.04 Å². The van der Waals surface area contributed by atoms with Crippen molar-refractivity contribution >= 4 is 11.9 Å². The van der Waals surface area contributed by atoms with Crippen molar-refractivity contribution in [3.05, 3.63) is 54.1 Å². The summed E-state index contributed by atoms with van der Waals surface area (Å²) in [5.74, 6) is -0.101. The van der Waals surface area contributed by atoms with E-state index in [0.29, 0.717) is 11.5 Å². The van der Waals surface area contributed by atoms with Gasteiger partial charge in [-0.1, -0.05) is 44.0 Å². The summed E-state index contributed by atoms with van der Waals surface area (Å²) in [5.41, 5.74) is 2.26. The van der Waals surface area contributed by atoms with Gasteiger partial charge in [-0.05, 0) is 61.1 Å². The highest BCUT2D eigenvalue weighted by Crippen LogP contribution is 2.24. The third-order valence-corrected chi connectivity index (χ3v) is 5.41. The van der Waals surface area contributed by atoms with E-state index in [0.717, 1.165) is 30.4 Å². The Morgan fingerprint density at radius 2 is 1.57 bits per heavy atom. The Morgan fingerprint density at radius 3 is 2.18 bits per heavy atom. The van der Waals surface area contributed by atoms with Crippen LogP contribution in [0.2, 0.25) is 0 Å². The van der Waals surface area contributed by atoms with Gasteiger partial charge in [-0.25, -0.2) is 4.79 Å². The highest BCUT2D eigenvalue weighted by atomic mass is 16.5. The molecule has 1 saturated carbocycles. The van der Waals surface area contributed by atoms with Gasteiger partial charge in [0.2, 0.25) is 0 Å². The first-order chi connectivity index (χ1) is 13.4. The van der Waals surface area contributed by atoms with Gasteiger partial charge < -0.3 is 15.2 Å². The van der Waals surface area contributed by atoms with Crippen LogP contribution in [0.3, 0.4) is 0 Å². The summed E-state index contributed by atoms with van der Waals surface area (Å²) in [5, 5.41) is 12.4. The van der Waals surface area contributed by atoms with E-state index in [1.54, 1.807) is 43.3 Å². The molecular weight excluding hydrogens is 354 g/mol. The van der Waals surface area contributed by atoms with Gasteiger partial charge >= 0.3 is 5.97 Å². The van der Waals surface area contributed by atoms with E-state index in [9.17, 15) is 14.7 Å². The molecule has 1 aliphatic carbocycles. The molecule has 0 saturated heterocycles. The zero-order chi connectivity index (χ0) is 20.1. The van der Waals surface area contributed by atoms with Crippen LogP contribution in [0.25, 0.3) is 11.1 Å². The van der Waals surface area contributed by atoms with Crippen LogP contribution in [0.15, 0.2) is 48.5 Å². The summed E-state index contributed by atoms with van der Waals surface area (Å²) < 4.78 is 5.35. The van der Waals surface area contributed by atoms with E-state index in [4.69, 9.17) is 4.74 Å². The number of aromatic hydroxyl groups is 1. The molecule has 5 nitrogen and oxygen atoms in total. The van der Waals surface area contributed by atoms with Crippen LogP contribution in [0, 0.1) is 5.92 Å². The molecule has 2 aromatic rings. The minimum absolute atomic E-state index is 0.159. The standard InChI is InChI=1S/C23H27NO4/c1-15-5-3-4-6-21(15)24-22(26)16(2)28-23(27)19-9-7-17(8-10-19)18-11-13-20(25)14-12-18/h7-16,21,25H,3-6H2,1-2H3,(H,24,26)/t15-,16+,21-/m1/s1. The molecule has 0 unspecified atom stereocenters. The molecule has 0 heterocycles. The lowest BCUT2D eigenvalue weighted by atomic mass is 9.86. The lowest BCUT2D eigenvalue weighted by Gasteiger charge is -2.30. The molecule has 28 heavy (non-hydrogen) atoms. The lowest BCUT2D eigenvalue weighted by Crippen LogP contribution is -2.45. The zero-order valence-electron chi connectivity index (χ0n) is 16.4. The maximum Gasteiger partial charge on any atom is 0.338 e. The van der Waals surface area contributed by atoms with Crippen molar-refractivity contribution in [1.82, 2.24) is 5.32 Å². The smallest absolute Gasteiger partial charge is 0.338 e. The number of benzene rings is 2. The molecule has 1 aliphatic rings. The first-order valence-electron chi connectivity index (χ1n) is 9.85. The van der Waals surface area contributed by atoms with E-state index in [-0.39, 0.29) is 17.7 Å². The Morgan fingerprint density at radius 1 is 1.00 bits per heavy atom. The van der Waals surface area contributed by atoms with Crippen LogP contribution in [0.5, 0.6) is 5.75 Å². The second-order valence-corrected chi connectivity index (χ2v) is 7.55. The van der Waals surface area contributed by atoms with E-state index in [1.807, 2.05) is 12.1 Å². The van der Waals surface area contributed by atoms with Crippen molar-refractivity contribution in [2.75, 3.05) is 0 Å². The normalized spacial score (nSPS) is 20.2. The van der Waals surface area contributed by atoms with E-state index >= 15 is 0 Å². The van der Waals surface area contributed by atoms with Crippen LogP contribution in [-0.2, 0) is 9.53 Å². The Kier molecular flexibility index (Phi) is 6.34. The molecule has 2 aromatic carbocycles. The number of phenolic OH excluding ortho intramolecular Hbond substituents is 1. The largest absolute Gasteiger partial charge is 0.508 e. The first-order valence-corrected chi connectivity index (χ1v) is 9.85. The summed E-state index contributed by atoms with van der Waals surface area (Å²) in [7, 11) is 0. The molecule has 148 valence electrons. The molecular formula is C23H27NO4. The van der Waals surface area contributed by atoms with Crippen molar-refractivity contribution in [1.29, 1.82) is 0 Å². The maximum absolute atomic E-state index is 12.4. The van der Waals surface area contributed by atoms with Gasteiger partial charge in [-0.15, -0.1) is 0 Å². The zero-order valence-corrected chi connectivity index (χ0v) is 16.4. The molecule has 0 radical (unpaired) electrons. The number of amides is 1. The number of hydrogen-bond donors (Lipinski definition) is 2. The van der Waals surface area contributed by atoms with Gasteiger partial charge in [-0.2, -0.15) is 0 Å². The van der Waals surface area contributed by atoms with Gasteiger partial charge in [0.1, 0.15) is 5.75 Å². The Balaban J connectivity index is 1.57. The highest BCUT2D eigenvalue weighted by Gasteiger charge is 2.26. The van der Waals surface area contributed by atoms with E-state index < -0.39 is 12.1 Å². The fourth-order valence-corrected chi connectivity index (χ4v) is 3.57. The van der Waals surface area contributed by atoms with Crippen LogP contribution in [0.4, 0.5) is 0 Å². The summed E-state index contributed by atoms with van der Waals surface area (Å²) in [6.07, 6.45) is 3.59. The van der Waals surface area contributed by atoms with Gasteiger partial charge in [0.25, 0.3) is 5.91 Å². The molecule has 0 spiro atoms. The van der Waals surface area contributed by atoms with Crippen LogP contribution in [0.1, 0.15) is 49.9 Å². The second kappa shape index (κ2) is 8.91. The average Bonchev–Trinajstić information content (AvgIpc) is 2.70. The quantitative estimate of drug-likeness (QED) is 0.757. The predicted octanol–water partition coefficient (Wildman–Crippen LogP) is 4.30. The summed E-state index contributed by atoms with van der Waals surface area (Å²) in [6, 6.07) is 14.0. The number of rotatable bonds is 5. The predicted molar refractivity (Wildman–Crippen MR) is 108 cm³/mol. The van der Waals surface area contributed by atoms with Crippen molar-refractivity contribution in [3.63, 3.8) is 0 Å². The Hall–Kier alpha value is -2.82. The van der Waals surface area contributed by atoms with Crippen molar-refractivity contribution in [2.45, 2.75) is 51.7 Å². The summed E-state index contributed by atoms with van der Waals surface area (Å²) >= 11 is 0. The third-order valence-electron chi connectivity index (χ3n) is 5.41. The monoisotopic (exact) mass is 381 g/mol. The van der Waals surface area contributed by atoms with Crippen LogP contribution in [-0.4, -0.2) is 29.1 Å². The molecule has 0 bridgehead atoms. The number of phenols is 1. The number of carbonyl (C=O) groups excluding carboxylic acids is 2. The van der Waals surface area contributed by atoms with Crippen LogP contribution < -0.4 is 5.32 Å². The second-order valence-electron chi connectivity index (χ2n) is 7.55. The van der Waals surface area contributed by atoms with E-state index in [1.165, 1.54) is 6.42 Å². The fourth-order valence-electron chi connectivity index (χ4n) is 3.57. The van der Waals surface area contributed by atoms with Crippen molar-refractivity contribution < 1.29 is 19.4 Å². The highest BCUT2D eigenvalue weighted by molar-refractivity contribution is 5.92. The molecule has 1 fully saturated rings. The number of carbonyl (C=O) groups is 2. The number of nitrogens with one attached hydrogen (secondary N) is 1. The number of esters is 1. The number of hydrogen-bond acceptors (Lipinski definition) is 4. The molecule has 5 heteroatoms.